The van der Waals surface area contributed by atoms with Crippen molar-refractivity contribution >= 4 is 29.5 Å². The molecule has 0 aromatic heterocycles. The molecule has 1 heterocycles. The molecule has 1 amide bonds. The third kappa shape index (κ3) is 7.29. The Morgan fingerprint density at radius 1 is 1.06 bits per heavy atom. The van der Waals surface area contributed by atoms with Gasteiger partial charge in [0.2, 0.25) is 6.29 Å². The standard InChI is InChI=1S/C22H28N2O9/c1-5-10-29-20-18(24-21(28)15-8-6-7-9-16(15)23)22(32-14(4)27)33-17(11-30-12(2)25)19(20)31-13(3)26/h5-9,17-20,22H,1,10-11,23H2,2-4H3,(H,24,28)/t17?,18?,19-,20+,22-/m0/s1. The quantitative estimate of drug-likeness (QED) is 0.231. The summed E-state index contributed by atoms with van der Waals surface area (Å²) in [5.74, 6) is -2.54. The molecule has 33 heavy (non-hydrogen) atoms. The number of nitrogens with two attached hydrogens (primary N) is 1. The highest BCUT2D eigenvalue weighted by molar-refractivity contribution is 5.99. The van der Waals surface area contributed by atoms with E-state index in [4.69, 9.17) is 29.4 Å². The number of para-hydroxylation sites is 1. The van der Waals surface area contributed by atoms with Crippen LogP contribution in [0.5, 0.6) is 0 Å². The van der Waals surface area contributed by atoms with Crippen LogP contribution in [0.2, 0.25) is 0 Å². The summed E-state index contributed by atoms with van der Waals surface area (Å²) in [4.78, 5) is 47.9. The molecule has 1 aromatic carbocycles. The monoisotopic (exact) mass is 464 g/mol. The van der Waals surface area contributed by atoms with Gasteiger partial charge in [0.25, 0.3) is 5.91 Å². The maximum atomic E-state index is 13.0. The van der Waals surface area contributed by atoms with Crippen molar-refractivity contribution in [1.82, 2.24) is 5.32 Å². The topological polar surface area (TPSA) is 152 Å². The van der Waals surface area contributed by atoms with E-state index in [1.807, 2.05) is 0 Å². The number of ether oxygens (including phenoxy) is 5. The van der Waals surface area contributed by atoms with E-state index in [1.54, 1.807) is 18.2 Å². The van der Waals surface area contributed by atoms with Gasteiger partial charge in [0.15, 0.2) is 6.10 Å². The minimum Gasteiger partial charge on any atom is -0.463 e. The van der Waals surface area contributed by atoms with Gasteiger partial charge in [-0.2, -0.15) is 0 Å². The Kier molecular flexibility index (Phi) is 9.37. The fraction of sp³-hybridized carbons (Fsp3) is 0.455. The van der Waals surface area contributed by atoms with Crippen LogP contribution in [0.15, 0.2) is 36.9 Å². The molecule has 5 atom stereocenters. The van der Waals surface area contributed by atoms with Crippen molar-refractivity contribution in [1.29, 1.82) is 0 Å². The van der Waals surface area contributed by atoms with E-state index in [0.29, 0.717) is 0 Å². The van der Waals surface area contributed by atoms with Gasteiger partial charge in [-0.1, -0.05) is 18.2 Å². The summed E-state index contributed by atoms with van der Waals surface area (Å²) in [7, 11) is 0. The molecule has 2 unspecified atom stereocenters. The van der Waals surface area contributed by atoms with Gasteiger partial charge in [-0.15, -0.1) is 6.58 Å². The summed E-state index contributed by atoms with van der Waals surface area (Å²) in [5.41, 5.74) is 6.30. The van der Waals surface area contributed by atoms with Gasteiger partial charge < -0.3 is 34.7 Å². The first kappa shape index (κ1) is 25.8. The van der Waals surface area contributed by atoms with E-state index in [2.05, 4.69) is 11.9 Å². The molecule has 2 rings (SSSR count). The fourth-order valence-corrected chi connectivity index (χ4v) is 3.30. The molecule has 1 aliphatic heterocycles. The van der Waals surface area contributed by atoms with Crippen LogP contribution < -0.4 is 11.1 Å². The summed E-state index contributed by atoms with van der Waals surface area (Å²) in [6, 6.07) is 5.26. The molecule has 1 aliphatic rings. The van der Waals surface area contributed by atoms with Gasteiger partial charge in [-0.25, -0.2) is 0 Å². The number of nitrogen functional groups attached to an aromatic ring is 1. The zero-order chi connectivity index (χ0) is 24.5. The van der Waals surface area contributed by atoms with Crippen molar-refractivity contribution in [3.05, 3.63) is 42.5 Å². The number of benzene rings is 1. The summed E-state index contributed by atoms with van der Waals surface area (Å²) in [6.07, 6.45) is -3.12. The molecule has 0 bridgehead atoms. The Balaban J connectivity index is 2.44. The second-order valence-electron chi connectivity index (χ2n) is 7.20. The van der Waals surface area contributed by atoms with E-state index in [-0.39, 0.29) is 24.5 Å². The minimum atomic E-state index is -1.35. The van der Waals surface area contributed by atoms with E-state index >= 15 is 0 Å². The molecular weight excluding hydrogens is 436 g/mol. The summed E-state index contributed by atoms with van der Waals surface area (Å²) in [6.45, 7) is 6.84. The zero-order valence-corrected chi connectivity index (χ0v) is 18.6. The molecule has 11 nitrogen and oxygen atoms in total. The Labute approximate surface area is 191 Å². The van der Waals surface area contributed by atoms with Crippen LogP contribution >= 0.6 is 0 Å². The van der Waals surface area contributed by atoms with E-state index in [0.717, 1.165) is 6.92 Å². The van der Waals surface area contributed by atoms with E-state index in [9.17, 15) is 19.2 Å². The van der Waals surface area contributed by atoms with Gasteiger partial charge >= 0.3 is 17.9 Å². The highest BCUT2D eigenvalue weighted by Gasteiger charge is 2.51. The van der Waals surface area contributed by atoms with Crippen molar-refractivity contribution in [2.24, 2.45) is 0 Å². The summed E-state index contributed by atoms with van der Waals surface area (Å²) < 4.78 is 27.3. The zero-order valence-electron chi connectivity index (χ0n) is 18.6. The molecule has 0 aliphatic carbocycles. The van der Waals surface area contributed by atoms with Gasteiger partial charge in [-0.05, 0) is 12.1 Å². The number of carbonyl (C=O) groups excluding carboxylic acids is 4. The number of rotatable bonds is 9. The Morgan fingerprint density at radius 3 is 2.30 bits per heavy atom. The normalized spacial score (nSPS) is 24.3. The smallest absolute Gasteiger partial charge is 0.305 e. The van der Waals surface area contributed by atoms with E-state index in [1.165, 1.54) is 26.0 Å². The minimum absolute atomic E-state index is 0.00928. The number of hydrogen-bond donors (Lipinski definition) is 2. The maximum absolute atomic E-state index is 13.0. The molecule has 1 aromatic rings. The number of esters is 3. The second kappa shape index (κ2) is 12.0. The summed E-state index contributed by atoms with van der Waals surface area (Å²) in [5, 5.41) is 2.70. The van der Waals surface area contributed by atoms with Crippen LogP contribution in [0.1, 0.15) is 31.1 Å². The van der Waals surface area contributed by atoms with Crippen LogP contribution in [-0.4, -0.2) is 67.7 Å². The summed E-state index contributed by atoms with van der Waals surface area (Å²) >= 11 is 0. The molecule has 1 fully saturated rings. The van der Waals surface area contributed by atoms with Gasteiger partial charge in [-0.3, -0.25) is 19.2 Å². The largest absolute Gasteiger partial charge is 0.463 e. The fourth-order valence-electron chi connectivity index (χ4n) is 3.30. The average Bonchev–Trinajstić information content (AvgIpc) is 2.73. The molecule has 0 radical (unpaired) electrons. The van der Waals surface area contributed by atoms with Crippen molar-refractivity contribution < 1.29 is 42.9 Å². The second-order valence-corrected chi connectivity index (χ2v) is 7.20. The van der Waals surface area contributed by atoms with E-state index < -0.39 is 54.5 Å². The lowest BCUT2D eigenvalue weighted by molar-refractivity contribution is -0.272. The highest BCUT2D eigenvalue weighted by atomic mass is 16.7. The number of hydrogen-bond acceptors (Lipinski definition) is 10. The predicted molar refractivity (Wildman–Crippen MR) is 115 cm³/mol. The number of anilines is 1. The molecule has 11 heteroatoms. The lowest BCUT2D eigenvalue weighted by Gasteiger charge is -2.45. The Morgan fingerprint density at radius 2 is 1.73 bits per heavy atom. The number of amides is 1. The van der Waals surface area contributed by atoms with Gasteiger partial charge in [0, 0.05) is 26.5 Å². The first-order valence-electron chi connectivity index (χ1n) is 10.1. The SMILES string of the molecule is C=CCO[C@@H]1C(NC(=O)c2ccccc2N)[C@@H](OC(C)=O)OC(COC(C)=O)[C@@H]1OC(C)=O. The van der Waals surface area contributed by atoms with Crippen LogP contribution in [0.4, 0.5) is 5.69 Å². The first-order chi connectivity index (χ1) is 15.6. The van der Waals surface area contributed by atoms with Crippen molar-refractivity contribution in [3.8, 4) is 0 Å². The number of carbonyl (C=O) groups is 4. The molecular formula is C22H28N2O9. The van der Waals surface area contributed by atoms with Crippen molar-refractivity contribution in [2.45, 2.75) is 51.4 Å². The van der Waals surface area contributed by atoms with Crippen LogP contribution in [0.25, 0.3) is 0 Å². The van der Waals surface area contributed by atoms with Gasteiger partial charge in [0.05, 0.1) is 12.2 Å². The molecule has 180 valence electrons. The maximum Gasteiger partial charge on any atom is 0.305 e. The third-order valence-electron chi connectivity index (χ3n) is 4.59. The molecule has 3 N–H and O–H groups in total. The number of nitrogens with one attached hydrogen (secondary N) is 1. The van der Waals surface area contributed by atoms with Gasteiger partial charge in [0.1, 0.15) is 24.9 Å². The van der Waals surface area contributed by atoms with Crippen LogP contribution in [0, 0.1) is 0 Å². The third-order valence-corrected chi connectivity index (χ3v) is 4.59. The van der Waals surface area contributed by atoms with Crippen molar-refractivity contribution in [3.63, 3.8) is 0 Å². The average molecular weight is 464 g/mol. The Bertz CT molecular complexity index is 888. The van der Waals surface area contributed by atoms with Crippen LogP contribution in [0.3, 0.4) is 0 Å². The lowest BCUT2D eigenvalue weighted by atomic mass is 9.95. The highest BCUT2D eigenvalue weighted by Crippen LogP contribution is 2.28. The lowest BCUT2D eigenvalue weighted by Crippen LogP contribution is -2.66. The Hall–Kier alpha value is -3.44. The van der Waals surface area contributed by atoms with Crippen LogP contribution in [-0.2, 0) is 38.1 Å². The van der Waals surface area contributed by atoms with Crippen molar-refractivity contribution in [2.75, 3.05) is 18.9 Å². The molecule has 0 spiro atoms. The first-order valence-corrected chi connectivity index (χ1v) is 10.1. The molecule has 0 saturated carbocycles. The molecule has 1 saturated heterocycles. The predicted octanol–water partition coefficient (Wildman–Crippen LogP) is 0.721.